The lowest BCUT2D eigenvalue weighted by Gasteiger charge is -2.37. The zero-order valence-corrected chi connectivity index (χ0v) is 14.2. The first-order valence-electron chi connectivity index (χ1n) is 8.09. The van der Waals surface area contributed by atoms with Gasteiger partial charge in [-0.15, -0.1) is 0 Å². The summed E-state index contributed by atoms with van der Waals surface area (Å²) in [6, 6.07) is 0.817. The number of unbranched alkanes of at least 4 members (excludes halogenated alkanes) is 1. The molecule has 1 saturated carbocycles. The predicted octanol–water partition coefficient (Wildman–Crippen LogP) is 2.84. The Morgan fingerprint density at radius 1 is 1.33 bits per heavy atom. The van der Waals surface area contributed by atoms with Gasteiger partial charge >= 0.3 is 6.09 Å². The Balaban J connectivity index is 2.31. The quantitative estimate of drug-likeness (QED) is 0.723. The number of hydrogen-bond donors (Lipinski definition) is 2. The second kappa shape index (κ2) is 8.59. The highest BCUT2D eigenvalue weighted by molar-refractivity contribution is 5.67. The Kier molecular flexibility index (Phi) is 7.46. The fourth-order valence-corrected chi connectivity index (χ4v) is 2.44. The van der Waals surface area contributed by atoms with Crippen LogP contribution in [0.1, 0.15) is 59.8 Å². The van der Waals surface area contributed by atoms with Gasteiger partial charge in [0.15, 0.2) is 0 Å². The molecule has 2 N–H and O–H groups in total. The van der Waals surface area contributed by atoms with Gasteiger partial charge in [0.25, 0.3) is 0 Å². The van der Waals surface area contributed by atoms with Crippen LogP contribution < -0.4 is 10.6 Å². The number of nitrogens with one attached hydrogen (secondary N) is 2. The molecule has 1 fully saturated rings. The summed E-state index contributed by atoms with van der Waals surface area (Å²) in [6.07, 6.45) is 5.57. The van der Waals surface area contributed by atoms with Crippen molar-refractivity contribution in [2.45, 2.75) is 83.6 Å². The van der Waals surface area contributed by atoms with Gasteiger partial charge in [-0.05, 0) is 40.0 Å². The van der Waals surface area contributed by atoms with Crippen LogP contribution in [0.3, 0.4) is 0 Å². The Labute approximate surface area is 129 Å². The summed E-state index contributed by atoms with van der Waals surface area (Å²) in [5.74, 6) is 0. The molecule has 0 aromatic heterocycles. The van der Waals surface area contributed by atoms with Gasteiger partial charge in [-0.1, -0.05) is 19.8 Å². The summed E-state index contributed by atoms with van der Waals surface area (Å²) >= 11 is 0. The van der Waals surface area contributed by atoms with Crippen LogP contribution in [0, 0.1) is 0 Å². The number of amides is 1. The number of methoxy groups -OCH3 is 1. The molecular weight excluding hydrogens is 268 g/mol. The minimum Gasteiger partial charge on any atom is -0.444 e. The number of carbonyl (C=O) groups is 1. The topological polar surface area (TPSA) is 59.6 Å². The minimum absolute atomic E-state index is 0.306. The molecule has 5 heteroatoms. The Morgan fingerprint density at radius 2 is 2.00 bits per heavy atom. The number of ether oxygens (including phenoxy) is 2. The van der Waals surface area contributed by atoms with E-state index < -0.39 is 5.60 Å². The van der Waals surface area contributed by atoms with Gasteiger partial charge < -0.3 is 20.1 Å². The minimum atomic E-state index is -0.448. The third kappa shape index (κ3) is 7.67. The van der Waals surface area contributed by atoms with E-state index in [4.69, 9.17) is 9.47 Å². The SMILES string of the molecule is CCCCC(CNC(=O)OC(C)(C)C)NC1CC(OC)C1. The van der Waals surface area contributed by atoms with Crippen LogP contribution in [0.4, 0.5) is 4.79 Å². The summed E-state index contributed by atoms with van der Waals surface area (Å²) < 4.78 is 10.6. The lowest BCUT2D eigenvalue weighted by Crippen LogP contribution is -2.52. The Hall–Kier alpha value is -0.810. The second-order valence-corrected chi connectivity index (χ2v) is 6.91. The van der Waals surface area contributed by atoms with Gasteiger partial charge in [0, 0.05) is 25.7 Å². The van der Waals surface area contributed by atoms with Crippen molar-refractivity contribution in [1.29, 1.82) is 0 Å². The van der Waals surface area contributed by atoms with E-state index in [0.717, 1.165) is 32.1 Å². The molecule has 1 rings (SSSR count). The van der Waals surface area contributed by atoms with Crippen LogP contribution >= 0.6 is 0 Å². The van der Waals surface area contributed by atoms with Crippen molar-refractivity contribution in [3.8, 4) is 0 Å². The summed E-state index contributed by atoms with van der Waals surface area (Å²) in [5.41, 5.74) is -0.448. The number of hydrogen-bond acceptors (Lipinski definition) is 4. The van der Waals surface area contributed by atoms with Crippen molar-refractivity contribution >= 4 is 6.09 Å². The lowest BCUT2D eigenvalue weighted by atomic mass is 9.88. The predicted molar refractivity (Wildman–Crippen MR) is 84.5 cm³/mol. The van der Waals surface area contributed by atoms with Gasteiger partial charge in [0.2, 0.25) is 0 Å². The second-order valence-electron chi connectivity index (χ2n) is 6.91. The standard InChI is InChI=1S/C16H32N2O3/c1-6-7-8-12(18-13-9-14(10-13)20-5)11-17-15(19)21-16(2,3)4/h12-14,18H,6-11H2,1-5H3,(H,17,19). The maximum Gasteiger partial charge on any atom is 0.407 e. The maximum absolute atomic E-state index is 11.7. The van der Waals surface area contributed by atoms with E-state index in [-0.39, 0.29) is 6.09 Å². The first-order chi connectivity index (χ1) is 9.84. The molecule has 0 aromatic rings. The highest BCUT2D eigenvalue weighted by atomic mass is 16.6. The van der Waals surface area contributed by atoms with Crippen molar-refractivity contribution in [1.82, 2.24) is 10.6 Å². The van der Waals surface area contributed by atoms with Crippen molar-refractivity contribution < 1.29 is 14.3 Å². The van der Waals surface area contributed by atoms with E-state index in [2.05, 4.69) is 17.6 Å². The summed E-state index contributed by atoms with van der Waals surface area (Å²) in [4.78, 5) is 11.7. The van der Waals surface area contributed by atoms with E-state index >= 15 is 0 Å². The molecule has 0 aliphatic heterocycles. The molecule has 1 atom stereocenters. The molecule has 1 aliphatic rings. The van der Waals surface area contributed by atoms with E-state index in [1.54, 1.807) is 7.11 Å². The first-order valence-corrected chi connectivity index (χ1v) is 8.09. The fourth-order valence-electron chi connectivity index (χ4n) is 2.44. The van der Waals surface area contributed by atoms with Crippen LogP contribution in [0.25, 0.3) is 0 Å². The van der Waals surface area contributed by atoms with Gasteiger partial charge in [-0.3, -0.25) is 0 Å². The van der Waals surface area contributed by atoms with Gasteiger partial charge in [0.05, 0.1) is 6.10 Å². The molecule has 0 bridgehead atoms. The zero-order valence-electron chi connectivity index (χ0n) is 14.2. The molecule has 21 heavy (non-hydrogen) atoms. The van der Waals surface area contributed by atoms with Crippen molar-refractivity contribution in [2.75, 3.05) is 13.7 Å². The number of carbonyl (C=O) groups excluding carboxylic acids is 1. The third-order valence-corrected chi connectivity index (χ3v) is 3.70. The monoisotopic (exact) mass is 300 g/mol. The summed E-state index contributed by atoms with van der Waals surface area (Å²) in [5, 5.41) is 6.49. The average molecular weight is 300 g/mol. The molecule has 5 nitrogen and oxygen atoms in total. The Morgan fingerprint density at radius 3 is 2.52 bits per heavy atom. The molecule has 0 saturated heterocycles. The number of alkyl carbamates (subject to hydrolysis) is 1. The van der Waals surface area contributed by atoms with Crippen LogP contribution in [0.2, 0.25) is 0 Å². The molecule has 0 radical (unpaired) electrons. The summed E-state index contributed by atoms with van der Waals surface area (Å²) in [7, 11) is 1.76. The fraction of sp³-hybridized carbons (Fsp3) is 0.938. The van der Waals surface area contributed by atoms with Gasteiger partial charge in [-0.25, -0.2) is 4.79 Å². The molecule has 0 heterocycles. The molecule has 1 aliphatic carbocycles. The van der Waals surface area contributed by atoms with Crippen molar-refractivity contribution in [3.05, 3.63) is 0 Å². The lowest BCUT2D eigenvalue weighted by molar-refractivity contribution is 0.0134. The van der Waals surface area contributed by atoms with Crippen LogP contribution in [-0.4, -0.2) is 43.5 Å². The number of rotatable bonds is 8. The molecule has 0 aromatic carbocycles. The zero-order chi connectivity index (χ0) is 15.9. The Bertz CT molecular complexity index is 309. The van der Waals surface area contributed by atoms with E-state index in [9.17, 15) is 4.79 Å². The first kappa shape index (κ1) is 18.2. The van der Waals surface area contributed by atoms with Crippen LogP contribution in [0.5, 0.6) is 0 Å². The molecular formula is C16H32N2O3. The summed E-state index contributed by atoms with van der Waals surface area (Å²) in [6.45, 7) is 8.42. The molecule has 1 amide bonds. The average Bonchev–Trinajstić information content (AvgIpc) is 2.33. The van der Waals surface area contributed by atoms with Crippen LogP contribution in [0.15, 0.2) is 0 Å². The normalized spacial score (nSPS) is 23.3. The maximum atomic E-state index is 11.7. The van der Waals surface area contributed by atoms with Crippen molar-refractivity contribution in [2.24, 2.45) is 0 Å². The smallest absolute Gasteiger partial charge is 0.407 e. The highest BCUT2D eigenvalue weighted by Gasteiger charge is 2.30. The molecule has 124 valence electrons. The van der Waals surface area contributed by atoms with Gasteiger partial charge in [-0.2, -0.15) is 0 Å². The van der Waals surface area contributed by atoms with E-state index in [1.807, 2.05) is 20.8 Å². The van der Waals surface area contributed by atoms with E-state index in [1.165, 1.54) is 0 Å². The van der Waals surface area contributed by atoms with Crippen LogP contribution in [-0.2, 0) is 9.47 Å². The van der Waals surface area contributed by atoms with Crippen molar-refractivity contribution in [3.63, 3.8) is 0 Å². The van der Waals surface area contributed by atoms with E-state index in [0.29, 0.717) is 24.7 Å². The highest BCUT2D eigenvalue weighted by Crippen LogP contribution is 2.23. The third-order valence-electron chi connectivity index (χ3n) is 3.70. The largest absolute Gasteiger partial charge is 0.444 e. The molecule has 0 spiro atoms. The van der Waals surface area contributed by atoms with Gasteiger partial charge in [0.1, 0.15) is 5.60 Å². The molecule has 1 unspecified atom stereocenters.